The van der Waals surface area contributed by atoms with E-state index in [9.17, 15) is 0 Å². The van der Waals surface area contributed by atoms with E-state index >= 15 is 0 Å². The Morgan fingerprint density at radius 3 is 1.47 bits per heavy atom. The zero-order chi connectivity index (χ0) is 10.8. The van der Waals surface area contributed by atoms with Crippen molar-refractivity contribution in [3.05, 3.63) is 6.92 Å². The van der Waals surface area contributed by atoms with Gasteiger partial charge in [0.2, 0.25) is 0 Å². The minimum absolute atomic E-state index is 1.00. The van der Waals surface area contributed by atoms with E-state index in [1.165, 1.54) is 77.0 Å². The fourth-order valence-corrected chi connectivity index (χ4v) is 2.83. The van der Waals surface area contributed by atoms with Crippen LogP contribution in [0.15, 0.2) is 0 Å². The van der Waals surface area contributed by atoms with Crippen LogP contribution in [0.3, 0.4) is 0 Å². The second-order valence-electron chi connectivity index (χ2n) is 5.27. The first-order valence-corrected chi connectivity index (χ1v) is 7.22. The fraction of sp³-hybridized carbons (Fsp3) is 0.933. The highest BCUT2D eigenvalue weighted by Gasteiger charge is 2.07. The van der Waals surface area contributed by atoms with Gasteiger partial charge in [-0.15, -0.1) is 0 Å². The van der Waals surface area contributed by atoms with Crippen molar-refractivity contribution in [1.82, 2.24) is 0 Å². The van der Waals surface area contributed by atoms with E-state index in [0.29, 0.717) is 0 Å². The molecular weight excluding hydrogens is 180 g/mol. The van der Waals surface area contributed by atoms with Gasteiger partial charge < -0.3 is 0 Å². The molecule has 0 aromatic heterocycles. The van der Waals surface area contributed by atoms with Crippen molar-refractivity contribution in [1.29, 1.82) is 0 Å². The number of rotatable bonds is 2. The Kier molecular flexibility index (Phi) is 8.05. The summed E-state index contributed by atoms with van der Waals surface area (Å²) >= 11 is 0. The topological polar surface area (TPSA) is 0 Å². The Bertz CT molecular complexity index is 116. The third-order valence-electron chi connectivity index (χ3n) is 3.84. The molecule has 1 saturated carbocycles. The molecule has 89 valence electrons. The largest absolute Gasteiger partial charge is 0.0533 e. The lowest BCUT2D eigenvalue weighted by atomic mass is 9.90. The molecule has 0 spiro atoms. The smallest absolute Gasteiger partial charge is 0.0414 e. The maximum absolute atomic E-state index is 4.01. The van der Waals surface area contributed by atoms with Gasteiger partial charge in [0, 0.05) is 0 Å². The summed E-state index contributed by atoms with van der Waals surface area (Å²) in [6.45, 7) is 4.01. The first kappa shape index (κ1) is 13.1. The van der Waals surface area contributed by atoms with Crippen molar-refractivity contribution >= 4 is 0 Å². The average molecular weight is 209 g/mol. The molecule has 0 nitrogen and oxygen atoms in total. The van der Waals surface area contributed by atoms with Crippen LogP contribution in [-0.4, -0.2) is 0 Å². The first-order valence-electron chi connectivity index (χ1n) is 7.22. The predicted molar refractivity (Wildman–Crippen MR) is 68.9 cm³/mol. The Balaban J connectivity index is 2.19. The van der Waals surface area contributed by atoms with E-state index in [4.69, 9.17) is 0 Å². The quantitative estimate of drug-likeness (QED) is 0.561. The van der Waals surface area contributed by atoms with Gasteiger partial charge in [0.25, 0.3) is 0 Å². The van der Waals surface area contributed by atoms with Gasteiger partial charge in [-0.1, -0.05) is 90.4 Å². The molecule has 0 unspecified atom stereocenters. The molecule has 0 N–H and O–H groups in total. The van der Waals surface area contributed by atoms with E-state index in [0.717, 1.165) is 12.3 Å². The highest BCUT2D eigenvalue weighted by molar-refractivity contribution is 4.62. The summed E-state index contributed by atoms with van der Waals surface area (Å²) in [7, 11) is 0. The Morgan fingerprint density at radius 1 is 0.667 bits per heavy atom. The summed E-state index contributed by atoms with van der Waals surface area (Å²) in [5, 5.41) is 0. The highest BCUT2D eigenvalue weighted by Crippen LogP contribution is 2.24. The van der Waals surface area contributed by atoms with Crippen LogP contribution < -0.4 is 0 Å². The zero-order valence-corrected chi connectivity index (χ0v) is 10.5. The summed E-state index contributed by atoms with van der Waals surface area (Å²) in [6, 6.07) is 0. The molecule has 1 fully saturated rings. The molecule has 0 saturated heterocycles. The molecule has 0 amide bonds. The van der Waals surface area contributed by atoms with Gasteiger partial charge in [-0.05, 0) is 5.92 Å². The second kappa shape index (κ2) is 9.24. The van der Waals surface area contributed by atoms with Crippen molar-refractivity contribution in [3.8, 4) is 0 Å². The van der Waals surface area contributed by atoms with Gasteiger partial charge in [0.05, 0.1) is 0 Å². The lowest BCUT2D eigenvalue weighted by molar-refractivity contribution is 0.376. The monoisotopic (exact) mass is 209 g/mol. The summed E-state index contributed by atoms with van der Waals surface area (Å²) in [4.78, 5) is 0. The molecule has 1 rings (SSSR count). The molecule has 1 aliphatic rings. The number of hydrogen-bond donors (Lipinski definition) is 0. The zero-order valence-electron chi connectivity index (χ0n) is 10.5. The van der Waals surface area contributed by atoms with Gasteiger partial charge in [-0.2, -0.15) is 0 Å². The fourth-order valence-electron chi connectivity index (χ4n) is 2.83. The van der Waals surface area contributed by atoms with Crippen molar-refractivity contribution in [2.45, 2.75) is 83.5 Å². The van der Waals surface area contributed by atoms with Gasteiger partial charge >= 0.3 is 0 Å². The van der Waals surface area contributed by atoms with Crippen molar-refractivity contribution in [2.75, 3.05) is 0 Å². The summed E-state index contributed by atoms with van der Waals surface area (Å²) in [5.74, 6) is 1.00. The van der Waals surface area contributed by atoms with Gasteiger partial charge in [-0.3, -0.25) is 0 Å². The minimum atomic E-state index is 1.00. The lowest BCUT2D eigenvalue weighted by Crippen LogP contribution is -2.01. The maximum atomic E-state index is 4.01. The van der Waals surface area contributed by atoms with E-state index in [-0.39, 0.29) is 0 Å². The second-order valence-corrected chi connectivity index (χ2v) is 5.27. The molecular formula is C15H29. The van der Waals surface area contributed by atoms with Gasteiger partial charge in [0.15, 0.2) is 0 Å². The van der Waals surface area contributed by atoms with Crippen LogP contribution in [0.2, 0.25) is 0 Å². The lowest BCUT2D eigenvalue weighted by Gasteiger charge is -2.16. The first-order chi connectivity index (χ1) is 7.43. The summed E-state index contributed by atoms with van der Waals surface area (Å²) in [6.07, 6.45) is 18.8. The van der Waals surface area contributed by atoms with Crippen LogP contribution in [0.5, 0.6) is 0 Å². The van der Waals surface area contributed by atoms with Crippen LogP contribution >= 0.6 is 0 Å². The van der Waals surface area contributed by atoms with Crippen LogP contribution in [-0.2, 0) is 0 Å². The van der Waals surface area contributed by atoms with E-state index in [1.54, 1.807) is 0 Å². The van der Waals surface area contributed by atoms with Crippen LogP contribution in [0, 0.1) is 12.8 Å². The van der Waals surface area contributed by atoms with Crippen LogP contribution in [0.4, 0.5) is 0 Å². The molecule has 0 aliphatic heterocycles. The molecule has 0 heteroatoms. The third kappa shape index (κ3) is 6.98. The molecule has 0 heterocycles. The number of hydrogen-bond acceptors (Lipinski definition) is 0. The molecule has 1 radical (unpaired) electrons. The molecule has 0 aromatic carbocycles. The van der Waals surface area contributed by atoms with Crippen molar-refractivity contribution in [2.24, 2.45) is 5.92 Å². The molecule has 15 heavy (non-hydrogen) atoms. The maximum Gasteiger partial charge on any atom is -0.0414 e. The minimum Gasteiger partial charge on any atom is -0.0533 e. The SMILES string of the molecule is [CH2]CCC1CCCCCCCCCCC1. The Labute approximate surface area is 96.8 Å². The normalized spacial score (nSPS) is 23.0. The van der Waals surface area contributed by atoms with Crippen LogP contribution in [0.25, 0.3) is 0 Å². The molecule has 0 atom stereocenters. The predicted octanol–water partition coefficient (Wildman–Crippen LogP) is 5.52. The third-order valence-corrected chi connectivity index (χ3v) is 3.84. The Hall–Kier alpha value is 0. The van der Waals surface area contributed by atoms with Crippen molar-refractivity contribution in [3.63, 3.8) is 0 Å². The Morgan fingerprint density at radius 2 is 1.07 bits per heavy atom. The van der Waals surface area contributed by atoms with Crippen molar-refractivity contribution < 1.29 is 0 Å². The average Bonchev–Trinajstić information content (AvgIpc) is 2.22. The van der Waals surface area contributed by atoms with Crippen LogP contribution in [0.1, 0.15) is 83.5 Å². The molecule has 0 bridgehead atoms. The van der Waals surface area contributed by atoms with E-state index in [1.807, 2.05) is 0 Å². The summed E-state index contributed by atoms with van der Waals surface area (Å²) in [5.41, 5.74) is 0. The van der Waals surface area contributed by atoms with Gasteiger partial charge in [0.1, 0.15) is 0 Å². The van der Waals surface area contributed by atoms with E-state index in [2.05, 4.69) is 6.92 Å². The standard InChI is InChI=1S/C15H29/c1-2-12-15-13-10-8-6-4-3-5-7-9-11-14-15/h15H,1-14H2. The summed E-state index contributed by atoms with van der Waals surface area (Å²) < 4.78 is 0. The highest BCUT2D eigenvalue weighted by atomic mass is 14.1. The molecule has 1 aliphatic carbocycles. The molecule has 0 aromatic rings. The van der Waals surface area contributed by atoms with E-state index < -0.39 is 0 Å². The van der Waals surface area contributed by atoms with Gasteiger partial charge in [-0.25, -0.2) is 0 Å².